The van der Waals surface area contributed by atoms with Gasteiger partial charge in [-0.3, -0.25) is 4.90 Å². The largest absolute Gasteiger partial charge is 0.493 e. The lowest BCUT2D eigenvalue weighted by Gasteiger charge is -2.45. The Morgan fingerprint density at radius 3 is 2.56 bits per heavy atom. The first-order valence-electron chi connectivity index (χ1n) is 11.6. The van der Waals surface area contributed by atoms with Crippen LogP contribution in [0.3, 0.4) is 0 Å². The van der Waals surface area contributed by atoms with Crippen LogP contribution < -0.4 is 4.74 Å². The van der Waals surface area contributed by atoms with E-state index in [1.807, 2.05) is 0 Å². The van der Waals surface area contributed by atoms with Gasteiger partial charge in [-0.05, 0) is 54.2 Å². The molecule has 3 heterocycles. The number of ether oxygens (including phenoxy) is 1. The van der Waals surface area contributed by atoms with Gasteiger partial charge in [-0.15, -0.1) is 0 Å². The monoisotopic (exact) mass is 551 g/mol. The number of rotatable bonds is 6. The normalized spacial score (nSPS) is 23.1. The fourth-order valence-electron chi connectivity index (χ4n) is 5.12. The number of nitrogens with zero attached hydrogens (tertiary/aromatic N) is 3. The number of piperidine rings is 1. The third-order valence-electron chi connectivity index (χ3n) is 6.93. The van der Waals surface area contributed by atoms with Crippen LogP contribution >= 0.6 is 11.5 Å². The Labute approximate surface area is 214 Å². The Morgan fingerprint density at radius 2 is 1.86 bits per heavy atom. The third-order valence-corrected chi connectivity index (χ3v) is 11.0. The standard InChI is InChI=1S/C24H26FN3O5S3/c1-35(29,30)18-8-10-28(22(12-18)16-2-4-17(25)5-3-16)21-9-11-33-23-13-19(6-7-20(21)23)36(31,32)14-24-26-15-27-34-24/h2-7,13,15,18,21-22H,8-12,14H2,1H3/t18-,21+,22+/m0/s1. The molecular weight excluding hydrogens is 525 g/mol. The molecule has 1 aromatic heterocycles. The van der Waals surface area contributed by atoms with E-state index in [0.717, 1.165) is 22.7 Å². The van der Waals surface area contributed by atoms with E-state index in [1.54, 1.807) is 30.3 Å². The van der Waals surface area contributed by atoms with Crippen LogP contribution in [0.25, 0.3) is 0 Å². The molecule has 192 valence electrons. The minimum Gasteiger partial charge on any atom is -0.493 e. The van der Waals surface area contributed by atoms with Gasteiger partial charge in [0, 0.05) is 36.9 Å². The number of sulfone groups is 2. The molecule has 0 saturated carbocycles. The Hall–Kier alpha value is -2.41. The van der Waals surface area contributed by atoms with Crippen molar-refractivity contribution in [3.05, 3.63) is 70.7 Å². The molecule has 0 spiro atoms. The van der Waals surface area contributed by atoms with Crippen LogP contribution in [-0.2, 0) is 25.4 Å². The van der Waals surface area contributed by atoms with Crippen molar-refractivity contribution >= 4 is 31.2 Å². The molecule has 1 saturated heterocycles. The minimum absolute atomic E-state index is 0.0933. The van der Waals surface area contributed by atoms with Gasteiger partial charge in [0.25, 0.3) is 0 Å². The molecule has 3 aromatic rings. The first-order chi connectivity index (χ1) is 17.1. The van der Waals surface area contributed by atoms with Gasteiger partial charge in [0.15, 0.2) is 9.84 Å². The van der Waals surface area contributed by atoms with E-state index >= 15 is 0 Å². The van der Waals surface area contributed by atoms with E-state index in [4.69, 9.17) is 4.74 Å². The maximum absolute atomic E-state index is 13.6. The Balaban J connectivity index is 1.47. The molecule has 2 aliphatic heterocycles. The molecule has 36 heavy (non-hydrogen) atoms. The fourth-order valence-corrected chi connectivity index (χ4v) is 8.30. The minimum atomic E-state index is -3.63. The lowest BCUT2D eigenvalue weighted by molar-refractivity contribution is 0.0680. The van der Waals surface area contributed by atoms with E-state index in [1.165, 1.54) is 24.7 Å². The van der Waals surface area contributed by atoms with Gasteiger partial charge in [0.05, 0.1) is 16.8 Å². The van der Waals surface area contributed by atoms with Gasteiger partial charge in [0.2, 0.25) is 0 Å². The topological polar surface area (TPSA) is 107 Å². The van der Waals surface area contributed by atoms with E-state index in [-0.39, 0.29) is 28.5 Å². The second-order valence-electron chi connectivity index (χ2n) is 9.23. The zero-order valence-electron chi connectivity index (χ0n) is 19.6. The molecule has 1 fully saturated rings. The SMILES string of the molecule is CS(=O)(=O)[C@H]1CCN([C@@H]2CCOc3cc(S(=O)(=O)Cc4ncns4)ccc32)[C@@H](c2ccc(F)cc2)C1. The predicted molar refractivity (Wildman–Crippen MR) is 134 cm³/mol. The molecule has 5 rings (SSSR count). The summed E-state index contributed by atoms with van der Waals surface area (Å²) in [4.78, 5) is 6.39. The summed E-state index contributed by atoms with van der Waals surface area (Å²) in [5.41, 5.74) is 1.72. The predicted octanol–water partition coefficient (Wildman–Crippen LogP) is 3.73. The number of fused-ring (bicyclic) bond motifs is 1. The van der Waals surface area contributed by atoms with Gasteiger partial charge in [-0.2, -0.15) is 4.37 Å². The second-order valence-corrected chi connectivity index (χ2v) is 14.4. The smallest absolute Gasteiger partial charge is 0.185 e. The van der Waals surface area contributed by atoms with E-state index in [9.17, 15) is 21.2 Å². The van der Waals surface area contributed by atoms with Crippen LogP contribution in [0.5, 0.6) is 5.75 Å². The third kappa shape index (κ3) is 5.17. The highest BCUT2D eigenvalue weighted by Gasteiger charge is 2.40. The van der Waals surface area contributed by atoms with E-state index in [0.29, 0.717) is 43.2 Å². The van der Waals surface area contributed by atoms with Crippen molar-refractivity contribution in [2.24, 2.45) is 0 Å². The Kier molecular flexibility index (Phi) is 6.88. The second kappa shape index (κ2) is 9.81. The summed E-state index contributed by atoms with van der Waals surface area (Å²) in [6.07, 6.45) is 4.18. The van der Waals surface area contributed by atoms with Gasteiger partial charge >= 0.3 is 0 Å². The first kappa shape index (κ1) is 25.2. The zero-order valence-corrected chi connectivity index (χ0v) is 22.0. The highest BCUT2D eigenvalue weighted by molar-refractivity contribution is 7.91. The molecule has 0 bridgehead atoms. The summed E-state index contributed by atoms with van der Waals surface area (Å²) >= 11 is 1.05. The average molecular weight is 552 g/mol. The summed E-state index contributed by atoms with van der Waals surface area (Å²) in [6, 6.07) is 10.8. The summed E-state index contributed by atoms with van der Waals surface area (Å²) in [5, 5.41) is -0.0570. The van der Waals surface area contributed by atoms with Crippen molar-refractivity contribution in [3.63, 3.8) is 0 Å². The molecule has 0 amide bonds. The summed E-state index contributed by atoms with van der Waals surface area (Å²) in [5.74, 6) is -0.0712. The van der Waals surface area contributed by atoms with Crippen molar-refractivity contribution in [1.29, 1.82) is 0 Å². The van der Waals surface area contributed by atoms with Crippen LogP contribution in [-0.4, -0.2) is 55.8 Å². The average Bonchev–Trinajstić information content (AvgIpc) is 3.35. The van der Waals surface area contributed by atoms with Crippen molar-refractivity contribution < 1.29 is 26.0 Å². The fraction of sp³-hybridized carbons (Fsp3) is 0.417. The molecule has 0 unspecified atom stereocenters. The number of halogens is 1. The zero-order chi connectivity index (χ0) is 25.5. The maximum Gasteiger partial charge on any atom is 0.185 e. The van der Waals surface area contributed by atoms with E-state index < -0.39 is 24.9 Å². The molecule has 2 aliphatic rings. The Bertz CT molecular complexity index is 1440. The molecule has 2 aromatic carbocycles. The molecular formula is C24H26FN3O5S3. The highest BCUT2D eigenvalue weighted by atomic mass is 32.2. The number of likely N-dealkylation sites (tertiary alicyclic amines) is 1. The summed E-state index contributed by atoms with van der Waals surface area (Å²) in [6.45, 7) is 0.945. The van der Waals surface area contributed by atoms with Crippen LogP contribution in [0.2, 0.25) is 0 Å². The summed E-state index contributed by atoms with van der Waals surface area (Å²) < 4.78 is 74.1. The molecule has 3 atom stereocenters. The van der Waals surface area contributed by atoms with Gasteiger partial charge in [-0.25, -0.2) is 26.2 Å². The van der Waals surface area contributed by atoms with Crippen molar-refractivity contribution in [2.45, 2.75) is 47.2 Å². The van der Waals surface area contributed by atoms with Crippen molar-refractivity contribution in [1.82, 2.24) is 14.3 Å². The van der Waals surface area contributed by atoms with Gasteiger partial charge < -0.3 is 4.74 Å². The quantitative estimate of drug-likeness (QED) is 0.456. The highest BCUT2D eigenvalue weighted by Crippen LogP contribution is 2.45. The van der Waals surface area contributed by atoms with Crippen LogP contribution in [0.4, 0.5) is 4.39 Å². The molecule has 12 heteroatoms. The van der Waals surface area contributed by atoms with E-state index in [2.05, 4.69) is 14.3 Å². The number of benzene rings is 2. The lowest BCUT2D eigenvalue weighted by Crippen LogP contribution is -2.44. The number of hydrogen-bond donors (Lipinski definition) is 0. The maximum atomic E-state index is 13.6. The number of aromatic nitrogens is 2. The lowest BCUT2D eigenvalue weighted by atomic mass is 9.89. The number of hydrogen-bond acceptors (Lipinski definition) is 9. The molecule has 0 aliphatic carbocycles. The van der Waals surface area contributed by atoms with Crippen LogP contribution in [0.15, 0.2) is 53.7 Å². The Morgan fingerprint density at radius 1 is 1.08 bits per heavy atom. The summed E-state index contributed by atoms with van der Waals surface area (Å²) in [7, 11) is -6.86. The van der Waals surface area contributed by atoms with Crippen LogP contribution in [0, 0.1) is 5.82 Å². The van der Waals surface area contributed by atoms with Crippen molar-refractivity contribution in [3.8, 4) is 5.75 Å². The van der Waals surface area contributed by atoms with Crippen molar-refractivity contribution in [2.75, 3.05) is 19.4 Å². The van der Waals surface area contributed by atoms with Gasteiger partial charge in [0.1, 0.15) is 38.5 Å². The van der Waals surface area contributed by atoms with Gasteiger partial charge in [-0.1, -0.05) is 18.2 Å². The van der Waals surface area contributed by atoms with Crippen LogP contribution in [0.1, 0.15) is 47.5 Å². The molecule has 0 radical (unpaired) electrons. The molecule has 8 nitrogen and oxygen atoms in total. The first-order valence-corrected chi connectivity index (χ1v) is 15.9. The molecule has 0 N–H and O–H groups in total.